The van der Waals surface area contributed by atoms with E-state index in [1.54, 1.807) is 0 Å². The van der Waals surface area contributed by atoms with Crippen LogP contribution in [0.5, 0.6) is 0 Å². The highest BCUT2D eigenvalue weighted by molar-refractivity contribution is 7.73. The number of nitrogens with two attached hydrogens (primary N) is 1. The van der Waals surface area contributed by atoms with Gasteiger partial charge in [-0.15, -0.1) is 0 Å². The molecule has 0 radical (unpaired) electrons. The van der Waals surface area contributed by atoms with E-state index >= 15 is 0 Å². The molecule has 0 aliphatic rings. The van der Waals surface area contributed by atoms with Crippen LogP contribution in [0.15, 0.2) is 48.5 Å². The minimum Gasteiger partial charge on any atom is -0.383 e. The normalized spacial score (nSPS) is 10.7. The number of carbonyl (C=O) groups excluding carboxylic acids is 1. The van der Waals surface area contributed by atoms with Gasteiger partial charge < -0.3 is 11.1 Å². The Morgan fingerprint density at radius 2 is 1.92 bits per heavy atom. The van der Waals surface area contributed by atoms with Crippen molar-refractivity contribution in [1.82, 2.24) is 9.88 Å². The molecule has 1 amide bonds. The molecule has 1 aromatic heterocycles. The zero-order valence-electron chi connectivity index (χ0n) is 14.8. The number of nitrogens with one attached hydrogen (secondary N) is 1. The number of thiazole rings is 1. The fraction of sp³-hybridized carbons (Fsp3) is 0.200. The lowest BCUT2D eigenvalue weighted by Gasteiger charge is -2.14. The third kappa shape index (κ3) is 3.57. The molecule has 1 heterocycles. The Balaban J connectivity index is 1.94. The number of anilines is 1. The lowest BCUT2D eigenvalue weighted by Crippen LogP contribution is -2.23. The first-order valence-electron chi connectivity index (χ1n) is 8.45. The summed E-state index contributed by atoms with van der Waals surface area (Å²) in [5.41, 5.74) is 10.6. The quantitative estimate of drug-likeness (QED) is 0.631. The summed E-state index contributed by atoms with van der Waals surface area (Å²) in [5, 5.41) is 2.92. The predicted molar refractivity (Wildman–Crippen MR) is 111 cm³/mol. The fourth-order valence-electron chi connectivity index (χ4n) is 2.94. The van der Waals surface area contributed by atoms with Crippen molar-refractivity contribution in [1.29, 1.82) is 0 Å². The molecule has 3 N–H and O–H groups in total. The number of nitrogens with zero attached hydrogens (tertiary/aromatic N) is 1. The van der Waals surface area contributed by atoms with Crippen LogP contribution in [0.25, 0.3) is 5.69 Å². The van der Waals surface area contributed by atoms with E-state index in [9.17, 15) is 4.79 Å². The molecule has 134 valence electrons. The van der Waals surface area contributed by atoms with Gasteiger partial charge in [0, 0.05) is 6.54 Å². The van der Waals surface area contributed by atoms with Crippen molar-refractivity contribution < 1.29 is 4.79 Å². The molecule has 0 atom stereocenters. The summed E-state index contributed by atoms with van der Waals surface area (Å²) < 4.78 is 2.40. The molecule has 0 aliphatic heterocycles. The highest BCUT2D eigenvalue weighted by Crippen LogP contribution is 2.30. The largest absolute Gasteiger partial charge is 0.383 e. The van der Waals surface area contributed by atoms with Gasteiger partial charge in [-0.1, -0.05) is 66.8 Å². The van der Waals surface area contributed by atoms with Gasteiger partial charge in [0.05, 0.1) is 5.69 Å². The second-order valence-electron chi connectivity index (χ2n) is 6.02. The molecule has 2 aromatic carbocycles. The fourth-order valence-corrected chi connectivity index (χ4v) is 4.20. The van der Waals surface area contributed by atoms with Crippen LogP contribution in [0.1, 0.15) is 33.3 Å². The molecule has 0 fully saturated rings. The Morgan fingerprint density at radius 1 is 1.19 bits per heavy atom. The van der Waals surface area contributed by atoms with Gasteiger partial charge >= 0.3 is 0 Å². The van der Waals surface area contributed by atoms with E-state index in [-0.39, 0.29) is 5.91 Å². The zero-order chi connectivity index (χ0) is 18.7. The Kier molecular flexibility index (Phi) is 5.54. The van der Waals surface area contributed by atoms with E-state index in [1.165, 1.54) is 11.3 Å². The summed E-state index contributed by atoms with van der Waals surface area (Å²) in [6.07, 6.45) is 0.865. The third-order valence-electron chi connectivity index (χ3n) is 4.27. The average Bonchev–Trinajstić information content (AvgIpc) is 2.95. The van der Waals surface area contributed by atoms with Crippen LogP contribution < -0.4 is 11.1 Å². The summed E-state index contributed by atoms with van der Waals surface area (Å²) >= 11 is 6.78. The number of hydrogen-bond acceptors (Lipinski definition) is 4. The summed E-state index contributed by atoms with van der Waals surface area (Å²) in [6, 6.07) is 15.9. The van der Waals surface area contributed by atoms with Crippen molar-refractivity contribution >= 4 is 35.3 Å². The van der Waals surface area contributed by atoms with Crippen LogP contribution in [-0.2, 0) is 13.0 Å². The number of hydrogen-bond donors (Lipinski definition) is 2. The van der Waals surface area contributed by atoms with Gasteiger partial charge in [-0.25, -0.2) is 0 Å². The molecular formula is C20H21N3OS2. The van der Waals surface area contributed by atoms with E-state index < -0.39 is 0 Å². The number of para-hydroxylation sites is 1. The van der Waals surface area contributed by atoms with Gasteiger partial charge in [0.2, 0.25) is 0 Å². The second kappa shape index (κ2) is 7.85. The van der Waals surface area contributed by atoms with E-state index in [0.717, 1.165) is 28.8 Å². The van der Waals surface area contributed by atoms with Crippen molar-refractivity contribution in [3.8, 4) is 5.69 Å². The number of nitrogen functional groups attached to an aromatic ring is 1. The zero-order valence-corrected chi connectivity index (χ0v) is 16.4. The SMILES string of the molecule is CCc1cccc(C)c1-n1c(N)c(C(=O)NCc2ccccc2)sc1=S. The summed E-state index contributed by atoms with van der Waals surface area (Å²) in [6.45, 7) is 4.58. The number of aryl methyl sites for hydroxylation is 2. The molecule has 3 aromatic rings. The monoisotopic (exact) mass is 383 g/mol. The lowest BCUT2D eigenvalue weighted by atomic mass is 10.1. The van der Waals surface area contributed by atoms with Gasteiger partial charge in [0.25, 0.3) is 5.91 Å². The maximum absolute atomic E-state index is 12.6. The maximum Gasteiger partial charge on any atom is 0.265 e. The Morgan fingerprint density at radius 3 is 2.62 bits per heavy atom. The van der Waals surface area contributed by atoms with E-state index in [0.29, 0.717) is 21.2 Å². The molecule has 3 rings (SSSR count). The first-order chi connectivity index (χ1) is 12.5. The van der Waals surface area contributed by atoms with Gasteiger partial charge in [0.15, 0.2) is 3.95 Å². The third-order valence-corrected chi connectivity index (χ3v) is 5.66. The number of benzene rings is 2. The molecule has 0 bridgehead atoms. The first-order valence-corrected chi connectivity index (χ1v) is 9.67. The van der Waals surface area contributed by atoms with E-state index in [2.05, 4.69) is 18.3 Å². The Hall–Kier alpha value is -2.44. The van der Waals surface area contributed by atoms with Crippen LogP contribution in [-0.4, -0.2) is 10.5 Å². The minimum absolute atomic E-state index is 0.201. The molecule has 6 heteroatoms. The standard InChI is InChI=1S/C20H21N3OS2/c1-3-15-11-7-8-13(2)16(15)23-18(21)17(26-20(23)25)19(24)22-12-14-9-5-4-6-10-14/h4-11H,3,12,21H2,1-2H3,(H,22,24). The number of rotatable bonds is 5. The summed E-state index contributed by atoms with van der Waals surface area (Å²) in [4.78, 5) is 13.1. The molecule has 0 aliphatic carbocycles. The Labute approximate surface area is 162 Å². The highest BCUT2D eigenvalue weighted by Gasteiger charge is 2.20. The van der Waals surface area contributed by atoms with Crippen LogP contribution in [0.2, 0.25) is 0 Å². The van der Waals surface area contributed by atoms with Crippen LogP contribution in [0, 0.1) is 10.9 Å². The van der Waals surface area contributed by atoms with Crippen LogP contribution >= 0.6 is 23.6 Å². The summed E-state index contributed by atoms with van der Waals surface area (Å²) in [7, 11) is 0. The molecular weight excluding hydrogens is 362 g/mol. The average molecular weight is 384 g/mol. The Bertz CT molecular complexity index is 990. The van der Waals surface area contributed by atoms with E-state index in [1.807, 2.05) is 54.0 Å². The molecule has 26 heavy (non-hydrogen) atoms. The molecule has 0 unspecified atom stereocenters. The van der Waals surface area contributed by atoms with Crippen molar-refractivity contribution in [2.75, 3.05) is 5.73 Å². The second-order valence-corrected chi connectivity index (χ2v) is 7.67. The molecule has 0 spiro atoms. The van der Waals surface area contributed by atoms with Crippen LogP contribution in [0.4, 0.5) is 5.82 Å². The molecule has 4 nitrogen and oxygen atoms in total. The van der Waals surface area contributed by atoms with Crippen molar-refractivity contribution in [3.05, 3.63) is 74.1 Å². The summed E-state index contributed by atoms with van der Waals surface area (Å²) in [5.74, 6) is 0.197. The van der Waals surface area contributed by atoms with Crippen molar-refractivity contribution in [2.45, 2.75) is 26.8 Å². The predicted octanol–water partition coefficient (Wildman–Crippen LogP) is 4.65. The first kappa shape index (κ1) is 18.4. The van der Waals surface area contributed by atoms with Gasteiger partial charge in [-0.2, -0.15) is 0 Å². The molecule has 0 saturated carbocycles. The van der Waals surface area contributed by atoms with Gasteiger partial charge in [-0.05, 0) is 42.3 Å². The minimum atomic E-state index is -0.201. The van der Waals surface area contributed by atoms with Crippen LogP contribution in [0.3, 0.4) is 0 Å². The number of aromatic nitrogens is 1. The van der Waals surface area contributed by atoms with Crippen molar-refractivity contribution in [3.63, 3.8) is 0 Å². The lowest BCUT2D eigenvalue weighted by molar-refractivity contribution is 0.0955. The van der Waals surface area contributed by atoms with Gasteiger partial charge in [0.1, 0.15) is 10.7 Å². The smallest absolute Gasteiger partial charge is 0.265 e. The number of carbonyl (C=O) groups is 1. The van der Waals surface area contributed by atoms with E-state index in [4.69, 9.17) is 18.0 Å². The molecule has 0 saturated heterocycles. The van der Waals surface area contributed by atoms with Gasteiger partial charge in [-0.3, -0.25) is 9.36 Å². The highest BCUT2D eigenvalue weighted by atomic mass is 32.1. The van der Waals surface area contributed by atoms with Crippen molar-refractivity contribution in [2.24, 2.45) is 0 Å². The maximum atomic E-state index is 12.6. The number of amides is 1. The topological polar surface area (TPSA) is 60.0 Å².